The van der Waals surface area contributed by atoms with Crippen molar-refractivity contribution in [1.29, 1.82) is 0 Å². The maximum absolute atomic E-state index is 11.0. The van der Waals surface area contributed by atoms with Crippen molar-refractivity contribution in [3.63, 3.8) is 0 Å². The molecule has 1 N–H and O–H groups in total. The summed E-state index contributed by atoms with van der Waals surface area (Å²) in [4.78, 5) is 10.7. The number of nitrogens with zero attached hydrogens (tertiary/aromatic N) is 1. The first-order chi connectivity index (χ1) is 9.97. The summed E-state index contributed by atoms with van der Waals surface area (Å²) < 4.78 is 1.04. The second-order valence-corrected chi connectivity index (χ2v) is 5.95. The number of aryl methyl sites for hydroxylation is 1. The highest BCUT2D eigenvalue weighted by Crippen LogP contribution is 2.23. The Morgan fingerprint density at radius 1 is 1.29 bits per heavy atom. The topological polar surface area (TPSA) is 55.2 Å². The van der Waals surface area contributed by atoms with Crippen LogP contribution in [-0.2, 0) is 6.54 Å². The quantitative estimate of drug-likeness (QED) is 0.638. The highest BCUT2D eigenvalue weighted by molar-refractivity contribution is 9.10. The standard InChI is InChI=1S/C16H17BrN2O2/c1-11-6-7-14(9-16(11)19(20)21)12(2)18-10-13-4-3-5-15(17)8-13/h3-9,12,18H,10H2,1-2H3. The Balaban J connectivity index is 2.08. The van der Waals surface area contributed by atoms with Gasteiger partial charge < -0.3 is 5.32 Å². The van der Waals surface area contributed by atoms with Crippen LogP contribution in [0.5, 0.6) is 0 Å². The third-order valence-corrected chi connectivity index (χ3v) is 3.92. The van der Waals surface area contributed by atoms with E-state index in [4.69, 9.17) is 0 Å². The van der Waals surface area contributed by atoms with E-state index in [9.17, 15) is 10.1 Å². The van der Waals surface area contributed by atoms with E-state index in [1.165, 1.54) is 0 Å². The molecular formula is C16H17BrN2O2. The van der Waals surface area contributed by atoms with Crippen molar-refractivity contribution >= 4 is 21.6 Å². The van der Waals surface area contributed by atoms with E-state index < -0.39 is 0 Å². The number of nitro benzene ring substituents is 1. The Labute approximate surface area is 132 Å². The molecule has 0 aliphatic heterocycles. The Hall–Kier alpha value is -1.72. The molecule has 2 aromatic rings. The Morgan fingerprint density at radius 2 is 2.05 bits per heavy atom. The lowest BCUT2D eigenvalue weighted by molar-refractivity contribution is -0.385. The molecule has 0 aromatic heterocycles. The molecule has 1 unspecified atom stereocenters. The lowest BCUT2D eigenvalue weighted by atomic mass is 10.0. The van der Waals surface area contributed by atoms with Gasteiger partial charge in [-0.2, -0.15) is 0 Å². The summed E-state index contributed by atoms with van der Waals surface area (Å²) in [6.45, 7) is 4.47. The Bertz CT molecular complexity index is 658. The average molecular weight is 349 g/mol. The molecule has 0 amide bonds. The fourth-order valence-electron chi connectivity index (χ4n) is 2.13. The molecule has 2 aromatic carbocycles. The molecule has 0 heterocycles. The monoisotopic (exact) mass is 348 g/mol. The molecule has 0 aliphatic carbocycles. The third kappa shape index (κ3) is 4.12. The predicted molar refractivity (Wildman–Crippen MR) is 87.2 cm³/mol. The van der Waals surface area contributed by atoms with Gasteiger partial charge in [0.25, 0.3) is 5.69 Å². The van der Waals surface area contributed by atoms with Gasteiger partial charge in [-0.1, -0.05) is 40.2 Å². The van der Waals surface area contributed by atoms with E-state index in [1.54, 1.807) is 19.1 Å². The largest absolute Gasteiger partial charge is 0.306 e. The number of halogens is 1. The third-order valence-electron chi connectivity index (χ3n) is 3.43. The van der Waals surface area contributed by atoms with Crippen molar-refractivity contribution in [1.82, 2.24) is 5.32 Å². The Morgan fingerprint density at radius 3 is 2.71 bits per heavy atom. The van der Waals surface area contributed by atoms with E-state index >= 15 is 0 Å². The molecule has 21 heavy (non-hydrogen) atoms. The number of nitrogens with one attached hydrogen (secondary N) is 1. The summed E-state index contributed by atoms with van der Waals surface area (Å²) in [5.41, 5.74) is 2.94. The van der Waals surface area contributed by atoms with Gasteiger partial charge in [0.2, 0.25) is 0 Å². The fourth-order valence-corrected chi connectivity index (χ4v) is 2.57. The summed E-state index contributed by atoms with van der Waals surface area (Å²) in [6.07, 6.45) is 0. The lowest BCUT2D eigenvalue weighted by Gasteiger charge is -2.15. The minimum absolute atomic E-state index is 0.0447. The van der Waals surface area contributed by atoms with Crippen molar-refractivity contribution in [2.24, 2.45) is 0 Å². The fraction of sp³-hybridized carbons (Fsp3) is 0.250. The van der Waals surface area contributed by atoms with Crippen LogP contribution in [0.25, 0.3) is 0 Å². The van der Waals surface area contributed by atoms with Crippen LogP contribution in [0, 0.1) is 17.0 Å². The highest BCUT2D eigenvalue weighted by atomic mass is 79.9. The van der Waals surface area contributed by atoms with E-state index in [-0.39, 0.29) is 16.7 Å². The molecule has 0 fully saturated rings. The van der Waals surface area contributed by atoms with Gasteiger partial charge in [-0.3, -0.25) is 10.1 Å². The first kappa shape index (κ1) is 15.7. The number of rotatable bonds is 5. The summed E-state index contributed by atoms with van der Waals surface area (Å²) in [7, 11) is 0. The van der Waals surface area contributed by atoms with Crippen molar-refractivity contribution in [3.05, 3.63) is 73.7 Å². The molecule has 110 valence electrons. The van der Waals surface area contributed by atoms with E-state index in [2.05, 4.69) is 27.3 Å². The summed E-state index contributed by atoms with van der Waals surface area (Å²) in [5.74, 6) is 0. The molecule has 1 atom stereocenters. The lowest BCUT2D eigenvalue weighted by Crippen LogP contribution is -2.18. The maximum Gasteiger partial charge on any atom is 0.272 e. The van der Waals surface area contributed by atoms with Crippen LogP contribution in [0.1, 0.15) is 29.7 Å². The van der Waals surface area contributed by atoms with E-state index in [0.29, 0.717) is 12.1 Å². The van der Waals surface area contributed by atoms with Crippen molar-refractivity contribution < 1.29 is 4.92 Å². The van der Waals surface area contributed by atoms with Gasteiger partial charge in [0.05, 0.1) is 4.92 Å². The first-order valence-electron chi connectivity index (χ1n) is 6.70. The zero-order valence-electron chi connectivity index (χ0n) is 12.0. The minimum atomic E-state index is -0.333. The minimum Gasteiger partial charge on any atom is -0.306 e. The average Bonchev–Trinajstić information content (AvgIpc) is 2.45. The second kappa shape index (κ2) is 6.83. The van der Waals surface area contributed by atoms with Gasteiger partial charge >= 0.3 is 0 Å². The second-order valence-electron chi connectivity index (χ2n) is 5.04. The molecule has 0 saturated carbocycles. The van der Waals surface area contributed by atoms with Gasteiger partial charge in [0.15, 0.2) is 0 Å². The van der Waals surface area contributed by atoms with E-state index in [1.807, 2.05) is 31.2 Å². The van der Waals surface area contributed by atoms with Crippen molar-refractivity contribution in [2.75, 3.05) is 0 Å². The molecular weight excluding hydrogens is 332 g/mol. The number of benzene rings is 2. The molecule has 2 rings (SSSR count). The van der Waals surface area contributed by atoms with Gasteiger partial charge in [0, 0.05) is 28.7 Å². The highest BCUT2D eigenvalue weighted by Gasteiger charge is 2.14. The zero-order chi connectivity index (χ0) is 15.4. The van der Waals surface area contributed by atoms with Crippen LogP contribution < -0.4 is 5.32 Å². The van der Waals surface area contributed by atoms with Crippen LogP contribution in [0.2, 0.25) is 0 Å². The van der Waals surface area contributed by atoms with Crippen LogP contribution in [0.4, 0.5) is 5.69 Å². The summed E-state index contributed by atoms with van der Waals surface area (Å²) in [6, 6.07) is 13.5. The summed E-state index contributed by atoms with van der Waals surface area (Å²) >= 11 is 3.44. The van der Waals surface area contributed by atoms with Crippen LogP contribution in [0.3, 0.4) is 0 Å². The summed E-state index contributed by atoms with van der Waals surface area (Å²) in [5, 5.41) is 14.4. The normalized spacial score (nSPS) is 12.1. The number of nitro groups is 1. The molecule has 5 heteroatoms. The van der Waals surface area contributed by atoms with Crippen LogP contribution >= 0.6 is 15.9 Å². The molecule has 0 bridgehead atoms. The predicted octanol–water partition coefficient (Wildman–Crippen LogP) is 4.52. The van der Waals surface area contributed by atoms with Crippen molar-refractivity contribution in [3.8, 4) is 0 Å². The maximum atomic E-state index is 11.0. The van der Waals surface area contributed by atoms with Gasteiger partial charge in [-0.25, -0.2) is 0 Å². The van der Waals surface area contributed by atoms with Crippen LogP contribution in [0.15, 0.2) is 46.9 Å². The SMILES string of the molecule is Cc1ccc(C(C)NCc2cccc(Br)c2)cc1[N+](=O)[O-]. The number of hydrogen-bond acceptors (Lipinski definition) is 3. The smallest absolute Gasteiger partial charge is 0.272 e. The van der Waals surface area contributed by atoms with E-state index in [0.717, 1.165) is 15.6 Å². The molecule has 0 radical (unpaired) electrons. The van der Waals surface area contributed by atoms with Gasteiger partial charge in [0.1, 0.15) is 0 Å². The van der Waals surface area contributed by atoms with Crippen LogP contribution in [-0.4, -0.2) is 4.92 Å². The molecule has 0 aliphatic rings. The van der Waals surface area contributed by atoms with Crippen molar-refractivity contribution in [2.45, 2.75) is 26.4 Å². The first-order valence-corrected chi connectivity index (χ1v) is 7.49. The van der Waals surface area contributed by atoms with Gasteiger partial charge in [-0.05, 0) is 37.1 Å². The molecule has 0 saturated heterocycles. The number of hydrogen-bond donors (Lipinski definition) is 1. The van der Waals surface area contributed by atoms with Gasteiger partial charge in [-0.15, -0.1) is 0 Å². The Kier molecular flexibility index (Phi) is 5.09. The molecule has 4 nitrogen and oxygen atoms in total. The zero-order valence-corrected chi connectivity index (χ0v) is 13.6. The molecule has 0 spiro atoms.